The van der Waals surface area contributed by atoms with Gasteiger partial charge in [0.05, 0.1) is 17.9 Å². The van der Waals surface area contributed by atoms with E-state index >= 15 is 0 Å². The van der Waals surface area contributed by atoms with Gasteiger partial charge in [-0.2, -0.15) is 4.98 Å². The molecule has 3 aromatic rings. The number of carbonyl (C=O) groups excluding carboxylic acids is 1. The Kier molecular flexibility index (Phi) is 9.13. The van der Waals surface area contributed by atoms with Crippen LogP contribution in [0.25, 0.3) is 16.7 Å². The van der Waals surface area contributed by atoms with Crippen molar-refractivity contribution < 1.29 is 17.9 Å². The van der Waals surface area contributed by atoms with E-state index in [2.05, 4.69) is 34.2 Å². The number of sulfone groups is 1. The van der Waals surface area contributed by atoms with Crippen molar-refractivity contribution in [2.45, 2.75) is 57.0 Å². The van der Waals surface area contributed by atoms with Crippen LogP contribution >= 0.6 is 0 Å². The number of rotatable bonds is 10. The maximum atomic E-state index is 13.1. The molecule has 222 valence electrons. The molecule has 0 atom stereocenters. The van der Waals surface area contributed by atoms with Gasteiger partial charge in [-0.25, -0.2) is 13.4 Å². The van der Waals surface area contributed by atoms with Crippen molar-refractivity contribution in [1.29, 1.82) is 0 Å². The molecule has 0 unspecified atom stereocenters. The first kappa shape index (κ1) is 29.3. The largest absolute Gasteiger partial charge is 0.493 e. The first-order chi connectivity index (χ1) is 19.7. The SMILES string of the molecule is CN(C)C1CCN(C(=O)[C@H]2CC[C@H](Nc3nccc(-n4ccc5c(OCCCS(C)(=O)=O)cccc54)n3)CC2)CC1. The van der Waals surface area contributed by atoms with Crippen LogP contribution in [0.3, 0.4) is 0 Å². The van der Waals surface area contributed by atoms with Gasteiger partial charge in [-0.05, 0) is 83.3 Å². The summed E-state index contributed by atoms with van der Waals surface area (Å²) in [5, 5.41) is 4.45. The predicted molar refractivity (Wildman–Crippen MR) is 161 cm³/mol. The highest BCUT2D eigenvalue weighted by molar-refractivity contribution is 7.90. The van der Waals surface area contributed by atoms with Crippen LogP contribution in [0, 0.1) is 5.92 Å². The van der Waals surface area contributed by atoms with Gasteiger partial charge >= 0.3 is 0 Å². The molecule has 3 heterocycles. The van der Waals surface area contributed by atoms with Crippen molar-refractivity contribution in [1.82, 2.24) is 24.3 Å². The second-order valence-corrected chi connectivity index (χ2v) is 13.9. The topological polar surface area (TPSA) is 110 Å². The minimum Gasteiger partial charge on any atom is -0.493 e. The number of amides is 1. The van der Waals surface area contributed by atoms with E-state index in [0.29, 0.717) is 30.9 Å². The first-order valence-corrected chi connectivity index (χ1v) is 16.7. The molecule has 11 heteroatoms. The van der Waals surface area contributed by atoms with E-state index in [1.54, 1.807) is 6.20 Å². The third-order valence-corrected chi connectivity index (χ3v) is 9.44. The fourth-order valence-electron chi connectivity index (χ4n) is 6.05. The number of hydrogen-bond donors (Lipinski definition) is 1. The van der Waals surface area contributed by atoms with Crippen LogP contribution in [-0.2, 0) is 14.6 Å². The molecule has 1 amide bonds. The van der Waals surface area contributed by atoms with Gasteiger partial charge in [-0.15, -0.1) is 0 Å². The molecule has 2 aromatic heterocycles. The summed E-state index contributed by atoms with van der Waals surface area (Å²) in [6, 6.07) is 10.5. The molecule has 41 heavy (non-hydrogen) atoms. The number of carbonyl (C=O) groups is 1. The van der Waals surface area contributed by atoms with E-state index in [1.165, 1.54) is 6.26 Å². The Bertz CT molecular complexity index is 1440. The lowest BCUT2D eigenvalue weighted by atomic mass is 9.84. The van der Waals surface area contributed by atoms with Gasteiger partial charge < -0.3 is 24.4 Å². The molecule has 10 nitrogen and oxygen atoms in total. The molecule has 1 saturated carbocycles. The van der Waals surface area contributed by atoms with Crippen molar-refractivity contribution in [2.75, 3.05) is 51.1 Å². The fraction of sp³-hybridized carbons (Fsp3) is 0.567. The van der Waals surface area contributed by atoms with E-state index in [0.717, 1.165) is 74.1 Å². The average Bonchev–Trinajstić information content (AvgIpc) is 3.40. The zero-order valence-corrected chi connectivity index (χ0v) is 25.1. The van der Waals surface area contributed by atoms with Crippen LogP contribution in [0.4, 0.5) is 5.95 Å². The zero-order valence-electron chi connectivity index (χ0n) is 24.3. The maximum Gasteiger partial charge on any atom is 0.225 e. The molecule has 0 bridgehead atoms. The van der Waals surface area contributed by atoms with Gasteiger partial charge in [0.1, 0.15) is 21.4 Å². The minimum absolute atomic E-state index is 0.106. The van der Waals surface area contributed by atoms with Gasteiger partial charge in [0, 0.05) is 55.1 Å². The number of ether oxygens (including phenoxy) is 1. The molecule has 2 aliphatic rings. The van der Waals surface area contributed by atoms with Gasteiger partial charge in [-0.3, -0.25) is 4.79 Å². The van der Waals surface area contributed by atoms with Crippen LogP contribution < -0.4 is 10.1 Å². The van der Waals surface area contributed by atoms with Crippen molar-refractivity contribution in [3.8, 4) is 11.6 Å². The molecule has 1 aliphatic heterocycles. The molecule has 0 radical (unpaired) electrons. The van der Waals surface area contributed by atoms with Crippen LogP contribution in [0.2, 0.25) is 0 Å². The number of benzene rings is 1. The zero-order chi connectivity index (χ0) is 29.0. The Morgan fingerprint density at radius 3 is 2.54 bits per heavy atom. The first-order valence-electron chi connectivity index (χ1n) is 14.6. The maximum absolute atomic E-state index is 13.1. The Morgan fingerprint density at radius 1 is 1.07 bits per heavy atom. The normalized spacial score (nSPS) is 20.4. The van der Waals surface area contributed by atoms with Crippen molar-refractivity contribution in [3.05, 3.63) is 42.7 Å². The van der Waals surface area contributed by atoms with E-state index in [-0.39, 0.29) is 17.7 Å². The number of aromatic nitrogens is 3. The highest BCUT2D eigenvalue weighted by Gasteiger charge is 2.32. The van der Waals surface area contributed by atoms with Crippen LogP contribution in [0.15, 0.2) is 42.7 Å². The smallest absolute Gasteiger partial charge is 0.225 e. The number of nitrogens with zero attached hydrogens (tertiary/aromatic N) is 5. The van der Waals surface area contributed by atoms with Crippen LogP contribution in [0.5, 0.6) is 5.75 Å². The van der Waals surface area contributed by atoms with E-state index in [9.17, 15) is 13.2 Å². The summed E-state index contributed by atoms with van der Waals surface area (Å²) in [6.45, 7) is 2.07. The molecular weight excluding hydrogens is 540 g/mol. The molecule has 5 rings (SSSR count). The third kappa shape index (κ3) is 7.37. The number of anilines is 1. The summed E-state index contributed by atoms with van der Waals surface area (Å²) in [5.41, 5.74) is 0.948. The Morgan fingerprint density at radius 2 is 1.83 bits per heavy atom. The lowest BCUT2D eigenvalue weighted by Gasteiger charge is -2.38. The third-order valence-electron chi connectivity index (χ3n) is 8.41. The van der Waals surface area contributed by atoms with Crippen LogP contribution in [-0.4, -0.2) is 96.5 Å². The summed E-state index contributed by atoms with van der Waals surface area (Å²) in [4.78, 5) is 26.8. The van der Waals surface area contributed by atoms with Crippen molar-refractivity contribution in [3.63, 3.8) is 0 Å². The van der Waals surface area contributed by atoms with Crippen molar-refractivity contribution >= 4 is 32.6 Å². The predicted octanol–water partition coefficient (Wildman–Crippen LogP) is 3.76. The fourth-order valence-corrected chi connectivity index (χ4v) is 6.69. The number of piperidine rings is 1. The molecule has 2 fully saturated rings. The standard InChI is InChI=1S/C30H42N6O4S/c1-34(2)24-13-17-35(18-14-24)29(37)22-8-10-23(11-9-22)32-30-31-16-12-28(33-30)36-19-15-25-26(36)6-4-7-27(25)40-20-5-21-41(3,38)39/h4,6-7,12,15-16,19,22-24H,5,8-11,13-14,17-18,20-21H2,1-3H3,(H,31,32,33)/t22-,23-. The van der Waals surface area contributed by atoms with Gasteiger partial charge in [0.15, 0.2) is 0 Å². The minimum atomic E-state index is -3.01. The lowest BCUT2D eigenvalue weighted by molar-refractivity contribution is -0.138. The molecule has 1 aliphatic carbocycles. The summed E-state index contributed by atoms with van der Waals surface area (Å²) >= 11 is 0. The summed E-state index contributed by atoms with van der Waals surface area (Å²) < 4.78 is 30.7. The van der Waals surface area contributed by atoms with Gasteiger partial charge in [0.25, 0.3) is 0 Å². The van der Waals surface area contributed by atoms with E-state index < -0.39 is 9.84 Å². The molecule has 1 saturated heterocycles. The number of fused-ring (bicyclic) bond motifs is 1. The number of likely N-dealkylation sites (tertiary alicyclic amines) is 1. The summed E-state index contributed by atoms with van der Waals surface area (Å²) in [6.07, 6.45) is 11.1. The summed E-state index contributed by atoms with van der Waals surface area (Å²) in [5.74, 6) is 2.60. The Balaban J connectivity index is 1.17. The average molecular weight is 583 g/mol. The van der Waals surface area contributed by atoms with Gasteiger partial charge in [0.2, 0.25) is 11.9 Å². The monoisotopic (exact) mass is 582 g/mol. The Hall–Kier alpha value is -3.18. The molecular formula is C30H42N6O4S. The van der Waals surface area contributed by atoms with Crippen molar-refractivity contribution in [2.24, 2.45) is 5.92 Å². The molecule has 1 N–H and O–H groups in total. The number of nitrogens with one attached hydrogen (secondary N) is 1. The quantitative estimate of drug-likeness (QED) is 0.360. The number of hydrogen-bond acceptors (Lipinski definition) is 8. The lowest BCUT2D eigenvalue weighted by Crippen LogP contribution is -2.47. The van der Waals surface area contributed by atoms with E-state index in [4.69, 9.17) is 9.72 Å². The second-order valence-electron chi connectivity index (χ2n) is 11.7. The summed E-state index contributed by atoms with van der Waals surface area (Å²) in [7, 11) is 1.24. The molecule has 0 spiro atoms. The Labute approximate surface area is 243 Å². The molecule has 1 aromatic carbocycles. The van der Waals surface area contributed by atoms with Gasteiger partial charge in [-0.1, -0.05) is 6.07 Å². The van der Waals surface area contributed by atoms with E-state index in [1.807, 2.05) is 41.1 Å². The highest BCUT2D eigenvalue weighted by Crippen LogP contribution is 2.30. The van der Waals surface area contributed by atoms with Crippen LogP contribution in [0.1, 0.15) is 44.9 Å². The highest BCUT2D eigenvalue weighted by atomic mass is 32.2. The second kappa shape index (κ2) is 12.8.